The van der Waals surface area contributed by atoms with Crippen LogP contribution in [-0.4, -0.2) is 43.4 Å². The molecule has 1 amide bonds. The zero-order valence-corrected chi connectivity index (χ0v) is 14.1. The standard InChI is InChI=1S/C16H21N3O3S/c1-11-9-12-10-13(3-4-14(12)18-11)19-15(20)16(23(2,21)22)5-7-17-8-6-16/h3-4,9-10,17-18H,5-8H2,1-2H3,(H,19,20). The highest BCUT2D eigenvalue weighted by atomic mass is 32.2. The van der Waals surface area contributed by atoms with Crippen molar-refractivity contribution in [1.82, 2.24) is 10.3 Å². The van der Waals surface area contributed by atoms with Crippen molar-refractivity contribution in [3.8, 4) is 0 Å². The van der Waals surface area contributed by atoms with Gasteiger partial charge in [-0.3, -0.25) is 4.79 Å². The van der Waals surface area contributed by atoms with Crippen LogP contribution < -0.4 is 10.6 Å². The number of hydrogen-bond donors (Lipinski definition) is 3. The average Bonchev–Trinajstić information content (AvgIpc) is 2.86. The highest BCUT2D eigenvalue weighted by Crippen LogP contribution is 2.30. The molecule has 0 unspecified atom stereocenters. The third kappa shape index (κ3) is 2.86. The number of piperidine rings is 1. The molecule has 6 nitrogen and oxygen atoms in total. The lowest BCUT2D eigenvalue weighted by molar-refractivity contribution is -0.119. The Balaban J connectivity index is 1.91. The molecule has 1 fully saturated rings. The summed E-state index contributed by atoms with van der Waals surface area (Å²) in [6, 6.07) is 7.51. The number of carbonyl (C=O) groups is 1. The van der Waals surface area contributed by atoms with Crippen LogP contribution in [-0.2, 0) is 14.6 Å². The predicted molar refractivity (Wildman–Crippen MR) is 91.3 cm³/mol. The second-order valence-electron chi connectivity index (χ2n) is 6.22. The molecule has 1 aliphatic rings. The fourth-order valence-electron chi connectivity index (χ4n) is 3.20. The number of H-pyrrole nitrogens is 1. The number of aromatic nitrogens is 1. The van der Waals surface area contributed by atoms with E-state index < -0.39 is 20.5 Å². The highest BCUT2D eigenvalue weighted by Gasteiger charge is 2.48. The van der Waals surface area contributed by atoms with E-state index in [1.54, 1.807) is 6.07 Å². The van der Waals surface area contributed by atoms with E-state index in [1.807, 2.05) is 25.1 Å². The normalized spacial score (nSPS) is 18.0. The van der Waals surface area contributed by atoms with Crippen LogP contribution in [0.25, 0.3) is 10.9 Å². The van der Waals surface area contributed by atoms with Gasteiger partial charge in [-0.2, -0.15) is 0 Å². The smallest absolute Gasteiger partial charge is 0.245 e. The molecule has 1 aromatic heterocycles. The van der Waals surface area contributed by atoms with Gasteiger partial charge < -0.3 is 15.6 Å². The Morgan fingerprint density at radius 2 is 1.91 bits per heavy atom. The molecule has 2 heterocycles. The first-order valence-corrected chi connectivity index (χ1v) is 9.52. The Morgan fingerprint density at radius 1 is 1.22 bits per heavy atom. The summed E-state index contributed by atoms with van der Waals surface area (Å²) in [5.74, 6) is -0.437. The molecule has 0 bridgehead atoms. The molecule has 3 N–H and O–H groups in total. The minimum atomic E-state index is -3.50. The van der Waals surface area contributed by atoms with Crippen molar-refractivity contribution in [2.75, 3.05) is 24.7 Å². The number of nitrogens with one attached hydrogen (secondary N) is 3. The number of carbonyl (C=O) groups excluding carboxylic acids is 1. The van der Waals surface area contributed by atoms with Crippen molar-refractivity contribution in [3.63, 3.8) is 0 Å². The first kappa shape index (κ1) is 16.0. The largest absolute Gasteiger partial charge is 0.359 e. The molecular formula is C16H21N3O3S. The number of rotatable bonds is 3. The zero-order valence-electron chi connectivity index (χ0n) is 13.3. The number of fused-ring (bicyclic) bond motifs is 1. The molecule has 1 saturated heterocycles. The summed E-state index contributed by atoms with van der Waals surface area (Å²) in [7, 11) is -3.50. The van der Waals surface area contributed by atoms with Gasteiger partial charge in [-0.15, -0.1) is 0 Å². The summed E-state index contributed by atoms with van der Waals surface area (Å²) >= 11 is 0. The fourth-order valence-corrected chi connectivity index (χ4v) is 4.53. The highest BCUT2D eigenvalue weighted by molar-refractivity contribution is 7.92. The maximum Gasteiger partial charge on any atom is 0.245 e. The second-order valence-corrected chi connectivity index (χ2v) is 8.55. The van der Waals surface area contributed by atoms with Crippen LogP contribution in [0.3, 0.4) is 0 Å². The van der Waals surface area contributed by atoms with Gasteiger partial charge in [0.15, 0.2) is 14.6 Å². The van der Waals surface area contributed by atoms with E-state index in [9.17, 15) is 13.2 Å². The molecule has 0 radical (unpaired) electrons. The molecule has 7 heteroatoms. The zero-order chi connectivity index (χ0) is 16.7. The second kappa shape index (κ2) is 5.65. The van der Waals surface area contributed by atoms with Gasteiger partial charge in [0.25, 0.3) is 0 Å². The Kier molecular flexibility index (Phi) is 3.93. The first-order valence-electron chi connectivity index (χ1n) is 7.63. The lowest BCUT2D eigenvalue weighted by Crippen LogP contribution is -2.55. The SMILES string of the molecule is Cc1cc2cc(NC(=O)C3(S(C)(=O)=O)CCNCC3)ccc2[nH]1. The third-order valence-corrected chi connectivity index (χ3v) is 6.56. The van der Waals surface area contributed by atoms with E-state index in [0.29, 0.717) is 31.6 Å². The quantitative estimate of drug-likeness (QED) is 0.794. The Labute approximate surface area is 135 Å². The average molecular weight is 335 g/mol. The van der Waals surface area contributed by atoms with E-state index in [4.69, 9.17) is 0 Å². The van der Waals surface area contributed by atoms with Crippen molar-refractivity contribution >= 4 is 32.3 Å². The Bertz CT molecular complexity index is 849. The van der Waals surface area contributed by atoms with E-state index in [2.05, 4.69) is 15.6 Å². The van der Waals surface area contributed by atoms with Crippen molar-refractivity contribution in [1.29, 1.82) is 0 Å². The van der Waals surface area contributed by atoms with Gasteiger partial charge in [0.05, 0.1) is 0 Å². The maximum atomic E-state index is 12.8. The molecule has 1 aromatic carbocycles. The minimum Gasteiger partial charge on any atom is -0.359 e. The Morgan fingerprint density at radius 3 is 2.57 bits per heavy atom. The molecule has 0 aliphatic carbocycles. The fraction of sp³-hybridized carbons (Fsp3) is 0.438. The number of anilines is 1. The van der Waals surface area contributed by atoms with Gasteiger partial charge in [-0.05, 0) is 57.1 Å². The molecular weight excluding hydrogens is 314 g/mol. The summed E-state index contributed by atoms with van der Waals surface area (Å²) < 4.78 is 23.2. The lowest BCUT2D eigenvalue weighted by atomic mass is 9.95. The first-order chi connectivity index (χ1) is 10.8. The summed E-state index contributed by atoms with van der Waals surface area (Å²) in [6.07, 6.45) is 1.74. The number of sulfone groups is 1. The topological polar surface area (TPSA) is 91.1 Å². The molecule has 2 aromatic rings. The van der Waals surface area contributed by atoms with E-state index in [0.717, 1.165) is 22.9 Å². The van der Waals surface area contributed by atoms with Crippen molar-refractivity contribution in [2.24, 2.45) is 0 Å². The van der Waals surface area contributed by atoms with Crippen molar-refractivity contribution in [3.05, 3.63) is 30.0 Å². The predicted octanol–water partition coefficient (Wildman–Crippen LogP) is 1.58. The van der Waals surface area contributed by atoms with Gasteiger partial charge >= 0.3 is 0 Å². The molecule has 0 saturated carbocycles. The van der Waals surface area contributed by atoms with Gasteiger partial charge in [0.1, 0.15) is 0 Å². The molecule has 0 atom stereocenters. The molecule has 23 heavy (non-hydrogen) atoms. The molecule has 3 rings (SSSR count). The number of amides is 1. The van der Waals surface area contributed by atoms with Crippen LogP contribution in [0.15, 0.2) is 24.3 Å². The summed E-state index contributed by atoms with van der Waals surface area (Å²) in [5, 5.41) is 6.89. The van der Waals surface area contributed by atoms with Crippen LogP contribution in [0.1, 0.15) is 18.5 Å². The number of aryl methyl sites for hydroxylation is 1. The van der Waals surface area contributed by atoms with Crippen LogP contribution in [0.2, 0.25) is 0 Å². The van der Waals surface area contributed by atoms with Crippen LogP contribution in [0.5, 0.6) is 0 Å². The number of hydrogen-bond acceptors (Lipinski definition) is 4. The molecule has 124 valence electrons. The van der Waals surface area contributed by atoms with Crippen LogP contribution >= 0.6 is 0 Å². The van der Waals surface area contributed by atoms with Gasteiger partial charge in [0, 0.05) is 28.5 Å². The van der Waals surface area contributed by atoms with Crippen molar-refractivity contribution in [2.45, 2.75) is 24.5 Å². The van der Waals surface area contributed by atoms with Crippen LogP contribution in [0, 0.1) is 6.92 Å². The van der Waals surface area contributed by atoms with E-state index >= 15 is 0 Å². The molecule has 0 spiro atoms. The summed E-state index contributed by atoms with van der Waals surface area (Å²) in [5.41, 5.74) is 2.64. The Hall–Kier alpha value is -1.86. The van der Waals surface area contributed by atoms with Crippen molar-refractivity contribution < 1.29 is 13.2 Å². The van der Waals surface area contributed by atoms with E-state index in [1.165, 1.54) is 0 Å². The number of benzene rings is 1. The monoisotopic (exact) mass is 335 g/mol. The molecule has 1 aliphatic heterocycles. The van der Waals surface area contributed by atoms with Crippen LogP contribution in [0.4, 0.5) is 5.69 Å². The van der Waals surface area contributed by atoms with E-state index in [-0.39, 0.29) is 0 Å². The number of aromatic amines is 1. The summed E-state index contributed by atoms with van der Waals surface area (Å²) in [6.45, 7) is 3.01. The maximum absolute atomic E-state index is 12.8. The third-order valence-electron chi connectivity index (χ3n) is 4.55. The lowest BCUT2D eigenvalue weighted by Gasteiger charge is -2.34. The summed E-state index contributed by atoms with van der Waals surface area (Å²) in [4.78, 5) is 16.0. The van der Waals surface area contributed by atoms with Gasteiger partial charge in [-0.1, -0.05) is 0 Å². The van der Waals surface area contributed by atoms with Gasteiger partial charge in [0.2, 0.25) is 5.91 Å². The van der Waals surface area contributed by atoms with Gasteiger partial charge in [-0.25, -0.2) is 8.42 Å². The minimum absolute atomic E-state index is 0.295.